The molecule has 0 aliphatic heterocycles. The molecule has 0 saturated carbocycles. The Morgan fingerprint density at radius 1 is 1.00 bits per heavy atom. The molecule has 0 bridgehead atoms. The highest BCUT2D eigenvalue weighted by atomic mass is 16.5. The number of hydrogen-bond acceptors (Lipinski definition) is 4. The first kappa shape index (κ1) is 22.6. The third kappa shape index (κ3) is 5.77. The molecule has 3 aromatic rings. The summed E-state index contributed by atoms with van der Waals surface area (Å²) < 4.78 is 11.4. The number of ether oxygens (including phenoxy) is 2. The first-order valence-electron chi connectivity index (χ1n) is 10.3. The monoisotopic (exact) mass is 426 g/mol. The lowest BCUT2D eigenvalue weighted by atomic mass is 10.1. The smallest absolute Gasteiger partial charge is 0.266 e. The van der Waals surface area contributed by atoms with Gasteiger partial charge in [-0.25, -0.2) is 0 Å². The molecule has 1 N–H and O–H groups in total. The SMILES string of the molecule is COc1cc(/C=C(\C#N)C(=O)Nc2ccc(C)c(C)c2)ccc1OCc1cccc(C)c1. The van der Waals surface area contributed by atoms with Gasteiger partial charge < -0.3 is 14.8 Å². The highest BCUT2D eigenvalue weighted by Crippen LogP contribution is 2.30. The van der Waals surface area contributed by atoms with Gasteiger partial charge in [-0.1, -0.05) is 42.0 Å². The minimum Gasteiger partial charge on any atom is -0.493 e. The second-order valence-corrected chi connectivity index (χ2v) is 7.61. The lowest BCUT2D eigenvalue weighted by Crippen LogP contribution is -2.13. The molecule has 5 heteroatoms. The summed E-state index contributed by atoms with van der Waals surface area (Å²) in [6, 6.07) is 21.0. The van der Waals surface area contributed by atoms with Crippen molar-refractivity contribution in [3.8, 4) is 17.6 Å². The zero-order valence-corrected chi connectivity index (χ0v) is 18.7. The fraction of sp³-hybridized carbons (Fsp3) is 0.185. The van der Waals surface area contributed by atoms with E-state index < -0.39 is 5.91 Å². The second-order valence-electron chi connectivity index (χ2n) is 7.61. The molecule has 0 aliphatic rings. The molecule has 5 nitrogen and oxygen atoms in total. The molecule has 0 aliphatic carbocycles. The van der Waals surface area contributed by atoms with Crippen molar-refractivity contribution in [2.75, 3.05) is 12.4 Å². The molecule has 162 valence electrons. The molecule has 0 radical (unpaired) electrons. The molecule has 0 heterocycles. The van der Waals surface area contributed by atoms with Crippen LogP contribution in [0.1, 0.15) is 27.8 Å². The highest BCUT2D eigenvalue weighted by molar-refractivity contribution is 6.09. The number of benzene rings is 3. The van der Waals surface area contributed by atoms with Crippen LogP contribution in [0.15, 0.2) is 66.2 Å². The average Bonchev–Trinajstić information content (AvgIpc) is 2.78. The minimum atomic E-state index is -0.463. The van der Waals surface area contributed by atoms with Gasteiger partial charge in [-0.05, 0) is 73.4 Å². The Morgan fingerprint density at radius 2 is 1.81 bits per heavy atom. The van der Waals surface area contributed by atoms with Gasteiger partial charge in [0.1, 0.15) is 18.2 Å². The largest absolute Gasteiger partial charge is 0.493 e. The van der Waals surface area contributed by atoms with Gasteiger partial charge in [0.25, 0.3) is 5.91 Å². The lowest BCUT2D eigenvalue weighted by molar-refractivity contribution is -0.112. The molecule has 0 spiro atoms. The topological polar surface area (TPSA) is 71.3 Å². The van der Waals surface area contributed by atoms with Crippen molar-refractivity contribution in [1.82, 2.24) is 0 Å². The number of nitriles is 1. The number of methoxy groups -OCH3 is 1. The van der Waals surface area contributed by atoms with Crippen LogP contribution >= 0.6 is 0 Å². The number of hydrogen-bond donors (Lipinski definition) is 1. The van der Waals surface area contributed by atoms with E-state index in [1.54, 1.807) is 25.3 Å². The van der Waals surface area contributed by atoms with Gasteiger partial charge in [0.15, 0.2) is 11.5 Å². The average molecular weight is 427 g/mol. The summed E-state index contributed by atoms with van der Waals surface area (Å²) >= 11 is 0. The Hall–Kier alpha value is -4.04. The molecule has 32 heavy (non-hydrogen) atoms. The summed E-state index contributed by atoms with van der Waals surface area (Å²) in [5.41, 5.74) is 5.74. The maximum absolute atomic E-state index is 12.6. The predicted molar refractivity (Wildman–Crippen MR) is 127 cm³/mol. The van der Waals surface area contributed by atoms with Crippen LogP contribution in [0.4, 0.5) is 5.69 Å². The lowest BCUT2D eigenvalue weighted by Gasteiger charge is -2.12. The number of nitrogens with one attached hydrogen (secondary N) is 1. The van der Waals surface area contributed by atoms with E-state index in [1.165, 1.54) is 11.6 Å². The van der Waals surface area contributed by atoms with Crippen molar-refractivity contribution in [2.24, 2.45) is 0 Å². The Morgan fingerprint density at radius 3 is 2.50 bits per heavy atom. The molecule has 3 rings (SSSR count). The number of carbonyl (C=O) groups excluding carboxylic acids is 1. The number of rotatable bonds is 7. The molecule has 0 atom stereocenters. The summed E-state index contributed by atoms with van der Waals surface area (Å²) in [6.45, 7) is 6.42. The third-order valence-corrected chi connectivity index (χ3v) is 5.11. The van der Waals surface area contributed by atoms with Gasteiger partial charge in [-0.2, -0.15) is 5.26 Å². The number of carbonyl (C=O) groups is 1. The molecule has 0 unspecified atom stereocenters. The van der Waals surface area contributed by atoms with Crippen molar-refractivity contribution >= 4 is 17.7 Å². The quantitative estimate of drug-likeness (QED) is 0.386. The van der Waals surface area contributed by atoms with Crippen LogP contribution < -0.4 is 14.8 Å². The predicted octanol–water partition coefficient (Wildman–Crippen LogP) is 5.75. The fourth-order valence-corrected chi connectivity index (χ4v) is 3.19. The summed E-state index contributed by atoms with van der Waals surface area (Å²) in [6.07, 6.45) is 1.53. The van der Waals surface area contributed by atoms with Gasteiger partial charge in [0, 0.05) is 5.69 Å². The molecule has 3 aromatic carbocycles. The number of amides is 1. The van der Waals surface area contributed by atoms with E-state index in [2.05, 4.69) is 11.4 Å². The van der Waals surface area contributed by atoms with Gasteiger partial charge in [0.2, 0.25) is 0 Å². The van der Waals surface area contributed by atoms with Crippen molar-refractivity contribution < 1.29 is 14.3 Å². The van der Waals surface area contributed by atoms with Gasteiger partial charge >= 0.3 is 0 Å². The first-order chi connectivity index (χ1) is 15.4. The van der Waals surface area contributed by atoms with E-state index in [0.29, 0.717) is 29.4 Å². The molecule has 0 aromatic heterocycles. The molecular weight excluding hydrogens is 400 g/mol. The van der Waals surface area contributed by atoms with Crippen molar-refractivity contribution in [3.63, 3.8) is 0 Å². The maximum atomic E-state index is 12.6. The van der Waals surface area contributed by atoms with Crippen molar-refractivity contribution in [2.45, 2.75) is 27.4 Å². The Labute approximate surface area is 188 Å². The van der Waals surface area contributed by atoms with Crippen LogP contribution in [0.3, 0.4) is 0 Å². The molecule has 0 saturated heterocycles. The Balaban J connectivity index is 1.76. The van der Waals surface area contributed by atoms with Crippen molar-refractivity contribution in [1.29, 1.82) is 5.26 Å². The van der Waals surface area contributed by atoms with E-state index in [9.17, 15) is 10.1 Å². The highest BCUT2D eigenvalue weighted by Gasteiger charge is 2.12. The molecular formula is C27H26N2O3. The number of aryl methyl sites for hydroxylation is 3. The Kier molecular flexibility index (Phi) is 7.30. The maximum Gasteiger partial charge on any atom is 0.266 e. The zero-order valence-electron chi connectivity index (χ0n) is 18.7. The summed E-state index contributed by atoms with van der Waals surface area (Å²) in [5.74, 6) is 0.650. The standard InChI is InChI=1S/C27H26N2O3/c1-18-6-5-7-22(12-18)17-32-25-11-9-21(15-26(25)31-4)14-23(16-28)27(30)29-24-10-8-19(2)20(3)13-24/h5-15H,17H2,1-4H3,(H,29,30)/b23-14+. The Bertz CT molecular complexity index is 1210. The summed E-state index contributed by atoms with van der Waals surface area (Å²) in [4.78, 5) is 12.6. The third-order valence-electron chi connectivity index (χ3n) is 5.11. The van der Waals surface area contributed by atoms with Crippen molar-refractivity contribution in [3.05, 3.63) is 94.1 Å². The van der Waals surface area contributed by atoms with Crippen LogP contribution in [0, 0.1) is 32.1 Å². The van der Waals surface area contributed by atoms with E-state index >= 15 is 0 Å². The minimum absolute atomic E-state index is 0.00119. The molecule has 0 fully saturated rings. The summed E-state index contributed by atoms with van der Waals surface area (Å²) in [5, 5.41) is 12.3. The van der Waals surface area contributed by atoms with Crippen LogP contribution in [0.5, 0.6) is 11.5 Å². The van der Waals surface area contributed by atoms with Crippen LogP contribution in [0.2, 0.25) is 0 Å². The van der Waals surface area contributed by atoms with Gasteiger partial charge in [0.05, 0.1) is 7.11 Å². The van der Waals surface area contributed by atoms with E-state index in [4.69, 9.17) is 9.47 Å². The van der Waals surface area contributed by atoms with E-state index in [1.807, 2.05) is 63.2 Å². The zero-order chi connectivity index (χ0) is 23.1. The van der Waals surface area contributed by atoms with Gasteiger partial charge in [-0.3, -0.25) is 4.79 Å². The van der Waals surface area contributed by atoms with Crippen LogP contribution in [-0.4, -0.2) is 13.0 Å². The number of anilines is 1. The number of nitrogens with zero attached hydrogens (tertiary/aromatic N) is 1. The first-order valence-corrected chi connectivity index (χ1v) is 10.3. The second kappa shape index (κ2) is 10.3. The van der Waals surface area contributed by atoms with E-state index in [-0.39, 0.29) is 5.57 Å². The van der Waals surface area contributed by atoms with E-state index in [0.717, 1.165) is 16.7 Å². The van der Waals surface area contributed by atoms with Gasteiger partial charge in [-0.15, -0.1) is 0 Å². The molecule has 1 amide bonds. The summed E-state index contributed by atoms with van der Waals surface area (Å²) in [7, 11) is 1.56. The fourth-order valence-electron chi connectivity index (χ4n) is 3.19. The normalized spacial score (nSPS) is 10.9. The van der Waals surface area contributed by atoms with Crippen LogP contribution in [0.25, 0.3) is 6.08 Å². The van der Waals surface area contributed by atoms with Crippen LogP contribution in [-0.2, 0) is 11.4 Å².